The van der Waals surface area contributed by atoms with Crippen LogP contribution in [-0.4, -0.2) is 0 Å². The maximum atomic E-state index is 5.90. The van der Waals surface area contributed by atoms with Crippen molar-refractivity contribution in [1.29, 1.82) is 0 Å². The first-order valence-corrected chi connectivity index (χ1v) is 6.29. The molecule has 2 N–H and O–H groups in total. The second kappa shape index (κ2) is 5.61. The van der Waals surface area contributed by atoms with Gasteiger partial charge in [0.25, 0.3) is 0 Å². The fourth-order valence-corrected chi connectivity index (χ4v) is 2.07. The molecule has 94 valence electrons. The number of hydrogen-bond acceptors (Lipinski definition) is 2. The van der Waals surface area contributed by atoms with Gasteiger partial charge < -0.3 is 10.5 Å². The van der Waals surface area contributed by atoms with Crippen molar-refractivity contribution >= 4 is 23.2 Å². The fourth-order valence-electron chi connectivity index (χ4n) is 1.56. The van der Waals surface area contributed by atoms with Gasteiger partial charge in [-0.25, -0.2) is 0 Å². The summed E-state index contributed by atoms with van der Waals surface area (Å²) in [6, 6.07) is 12.7. The van der Waals surface area contributed by atoms with Gasteiger partial charge in [-0.2, -0.15) is 0 Å². The Labute approximate surface area is 116 Å². The zero-order valence-electron chi connectivity index (χ0n) is 9.86. The molecule has 0 aromatic heterocycles. The molecule has 0 aliphatic heterocycles. The minimum Gasteiger partial charge on any atom is -0.457 e. The van der Waals surface area contributed by atoms with Crippen LogP contribution in [0.15, 0.2) is 42.5 Å². The van der Waals surface area contributed by atoms with E-state index in [0.717, 1.165) is 11.3 Å². The standard InChI is InChI=1S/C14H13Cl2NO/c1-9(17)10-2-4-13(5-3-10)18-14-7-11(15)6-12(16)8-14/h2-9H,17H2,1H3. The zero-order valence-corrected chi connectivity index (χ0v) is 11.4. The van der Waals surface area contributed by atoms with Crippen LogP contribution in [0.3, 0.4) is 0 Å². The van der Waals surface area contributed by atoms with Gasteiger partial charge in [0.05, 0.1) is 0 Å². The molecule has 0 spiro atoms. The maximum absolute atomic E-state index is 5.90. The summed E-state index contributed by atoms with van der Waals surface area (Å²) in [5, 5.41) is 1.09. The van der Waals surface area contributed by atoms with E-state index in [-0.39, 0.29) is 6.04 Å². The van der Waals surface area contributed by atoms with Crippen LogP contribution in [0.25, 0.3) is 0 Å². The molecule has 0 bridgehead atoms. The molecule has 1 unspecified atom stereocenters. The highest BCUT2D eigenvalue weighted by atomic mass is 35.5. The van der Waals surface area contributed by atoms with Gasteiger partial charge >= 0.3 is 0 Å². The van der Waals surface area contributed by atoms with Crippen LogP contribution >= 0.6 is 23.2 Å². The van der Waals surface area contributed by atoms with E-state index in [1.165, 1.54) is 0 Å². The molecular weight excluding hydrogens is 269 g/mol. The normalized spacial score (nSPS) is 12.2. The number of halogens is 2. The van der Waals surface area contributed by atoms with Gasteiger partial charge in [-0.3, -0.25) is 0 Å². The summed E-state index contributed by atoms with van der Waals surface area (Å²) in [6.45, 7) is 1.94. The molecule has 2 rings (SSSR count). The lowest BCUT2D eigenvalue weighted by Gasteiger charge is -2.09. The fraction of sp³-hybridized carbons (Fsp3) is 0.143. The molecule has 0 saturated carbocycles. The van der Waals surface area contributed by atoms with E-state index in [1.54, 1.807) is 18.2 Å². The summed E-state index contributed by atoms with van der Waals surface area (Å²) in [7, 11) is 0. The van der Waals surface area contributed by atoms with Gasteiger partial charge in [0.2, 0.25) is 0 Å². The Morgan fingerprint density at radius 2 is 1.50 bits per heavy atom. The molecule has 1 atom stereocenters. The largest absolute Gasteiger partial charge is 0.457 e. The van der Waals surface area contributed by atoms with Crippen molar-refractivity contribution in [2.24, 2.45) is 5.73 Å². The van der Waals surface area contributed by atoms with Crippen LogP contribution in [0, 0.1) is 0 Å². The van der Waals surface area contributed by atoms with E-state index in [9.17, 15) is 0 Å². The molecule has 0 saturated heterocycles. The summed E-state index contributed by atoms with van der Waals surface area (Å²) < 4.78 is 5.67. The molecule has 2 aromatic carbocycles. The molecule has 0 heterocycles. The number of nitrogens with two attached hydrogens (primary N) is 1. The highest BCUT2D eigenvalue weighted by molar-refractivity contribution is 6.34. The average Bonchev–Trinajstić information content (AvgIpc) is 2.28. The van der Waals surface area contributed by atoms with Gasteiger partial charge in [0, 0.05) is 16.1 Å². The number of ether oxygens (including phenoxy) is 1. The lowest BCUT2D eigenvalue weighted by molar-refractivity contribution is 0.482. The van der Waals surface area contributed by atoms with E-state index in [2.05, 4.69) is 0 Å². The average molecular weight is 282 g/mol. The zero-order chi connectivity index (χ0) is 13.1. The minimum atomic E-state index is 0.0136. The van der Waals surface area contributed by atoms with E-state index in [0.29, 0.717) is 15.8 Å². The van der Waals surface area contributed by atoms with Crippen molar-refractivity contribution in [3.8, 4) is 11.5 Å². The van der Waals surface area contributed by atoms with Crippen LogP contribution in [0.5, 0.6) is 11.5 Å². The topological polar surface area (TPSA) is 35.2 Å². The number of rotatable bonds is 3. The number of benzene rings is 2. The van der Waals surface area contributed by atoms with Crippen LogP contribution in [0.4, 0.5) is 0 Å². The third-order valence-corrected chi connectivity index (χ3v) is 2.91. The molecule has 0 radical (unpaired) electrons. The highest BCUT2D eigenvalue weighted by Gasteiger charge is 2.03. The van der Waals surface area contributed by atoms with Gasteiger partial charge in [0.1, 0.15) is 11.5 Å². The first-order valence-electron chi connectivity index (χ1n) is 5.54. The maximum Gasteiger partial charge on any atom is 0.130 e. The molecule has 2 aromatic rings. The minimum absolute atomic E-state index is 0.0136. The lowest BCUT2D eigenvalue weighted by Crippen LogP contribution is -2.04. The van der Waals surface area contributed by atoms with E-state index < -0.39 is 0 Å². The first-order chi connectivity index (χ1) is 8.54. The number of hydrogen-bond donors (Lipinski definition) is 1. The van der Waals surface area contributed by atoms with Crippen molar-refractivity contribution in [3.63, 3.8) is 0 Å². The van der Waals surface area contributed by atoms with Crippen molar-refractivity contribution in [2.75, 3.05) is 0 Å². The Morgan fingerprint density at radius 3 is 2.00 bits per heavy atom. The van der Waals surface area contributed by atoms with Crippen molar-refractivity contribution < 1.29 is 4.74 Å². The van der Waals surface area contributed by atoms with Gasteiger partial charge in [0.15, 0.2) is 0 Å². The van der Waals surface area contributed by atoms with E-state index in [4.69, 9.17) is 33.7 Å². The molecule has 0 aliphatic carbocycles. The Hall–Kier alpha value is -1.22. The Bertz CT molecular complexity index is 518. The Balaban J connectivity index is 2.18. The second-order valence-electron chi connectivity index (χ2n) is 4.06. The summed E-state index contributed by atoms with van der Waals surface area (Å²) in [5.41, 5.74) is 6.84. The lowest BCUT2D eigenvalue weighted by atomic mass is 10.1. The van der Waals surface area contributed by atoms with Crippen molar-refractivity contribution in [1.82, 2.24) is 0 Å². The summed E-state index contributed by atoms with van der Waals surface area (Å²) >= 11 is 11.8. The predicted molar refractivity (Wildman–Crippen MR) is 75.6 cm³/mol. The first kappa shape index (κ1) is 13.2. The van der Waals surface area contributed by atoms with E-state index >= 15 is 0 Å². The Morgan fingerprint density at radius 1 is 0.944 bits per heavy atom. The molecular formula is C14H13Cl2NO. The molecule has 2 nitrogen and oxygen atoms in total. The van der Waals surface area contributed by atoms with Crippen LogP contribution in [0.1, 0.15) is 18.5 Å². The molecule has 0 amide bonds. The van der Waals surface area contributed by atoms with Crippen molar-refractivity contribution in [3.05, 3.63) is 58.1 Å². The quantitative estimate of drug-likeness (QED) is 0.877. The Kier molecular flexibility index (Phi) is 4.12. The van der Waals surface area contributed by atoms with Gasteiger partial charge in [-0.05, 0) is 42.8 Å². The SMILES string of the molecule is CC(N)c1ccc(Oc2cc(Cl)cc(Cl)c2)cc1. The van der Waals surface area contributed by atoms with Crippen LogP contribution in [0.2, 0.25) is 10.0 Å². The molecule has 18 heavy (non-hydrogen) atoms. The van der Waals surface area contributed by atoms with Crippen LogP contribution < -0.4 is 10.5 Å². The van der Waals surface area contributed by atoms with Crippen molar-refractivity contribution in [2.45, 2.75) is 13.0 Å². The van der Waals surface area contributed by atoms with Gasteiger partial charge in [-0.1, -0.05) is 35.3 Å². The highest BCUT2D eigenvalue weighted by Crippen LogP contribution is 2.28. The van der Waals surface area contributed by atoms with Gasteiger partial charge in [-0.15, -0.1) is 0 Å². The second-order valence-corrected chi connectivity index (χ2v) is 4.94. The predicted octanol–water partition coefficient (Wildman–Crippen LogP) is 4.81. The summed E-state index contributed by atoms with van der Waals surface area (Å²) in [5.74, 6) is 1.33. The summed E-state index contributed by atoms with van der Waals surface area (Å²) in [4.78, 5) is 0. The summed E-state index contributed by atoms with van der Waals surface area (Å²) in [6.07, 6.45) is 0. The van der Waals surface area contributed by atoms with E-state index in [1.807, 2.05) is 31.2 Å². The third kappa shape index (κ3) is 3.39. The van der Waals surface area contributed by atoms with Crippen LogP contribution in [-0.2, 0) is 0 Å². The monoisotopic (exact) mass is 281 g/mol. The third-order valence-electron chi connectivity index (χ3n) is 2.48. The molecule has 0 fully saturated rings. The smallest absolute Gasteiger partial charge is 0.130 e. The molecule has 0 aliphatic rings. The molecule has 4 heteroatoms.